The van der Waals surface area contributed by atoms with E-state index in [1.165, 1.54) is 0 Å². The van der Waals surface area contributed by atoms with Gasteiger partial charge in [-0.15, -0.1) is 0 Å². The molecule has 0 aromatic rings. The first-order valence-electron chi connectivity index (χ1n) is 8.21. The summed E-state index contributed by atoms with van der Waals surface area (Å²) in [5.74, 6) is 0. The van der Waals surface area contributed by atoms with Crippen molar-refractivity contribution in [1.29, 1.82) is 0 Å². The molecule has 1 unspecified atom stereocenters. The Morgan fingerprint density at radius 2 is 1.70 bits per heavy atom. The zero-order chi connectivity index (χ0) is 18.3. The molecule has 0 aliphatic heterocycles. The molecule has 0 rings (SSSR count). The molecule has 0 saturated heterocycles. The number of hydrogen-bond acceptors (Lipinski definition) is 5. The number of amides is 1. The van der Waals surface area contributed by atoms with E-state index in [0.29, 0.717) is 32.7 Å². The van der Waals surface area contributed by atoms with Gasteiger partial charge < -0.3 is 24.8 Å². The van der Waals surface area contributed by atoms with Gasteiger partial charge in [-0.25, -0.2) is 4.79 Å². The van der Waals surface area contributed by atoms with E-state index in [9.17, 15) is 9.90 Å². The molecule has 0 aliphatic rings. The average Bonchev–Trinajstić information content (AvgIpc) is 2.32. The van der Waals surface area contributed by atoms with Crippen molar-refractivity contribution in [1.82, 2.24) is 10.2 Å². The molecule has 6 heteroatoms. The van der Waals surface area contributed by atoms with Crippen LogP contribution in [0.25, 0.3) is 0 Å². The summed E-state index contributed by atoms with van der Waals surface area (Å²) < 4.78 is 10.5. The maximum atomic E-state index is 12.3. The number of rotatable bonds is 8. The number of carbonyl (C=O) groups excluding carboxylic acids is 1. The molecule has 0 aromatic carbocycles. The molecule has 0 bridgehead atoms. The van der Waals surface area contributed by atoms with Gasteiger partial charge in [-0.3, -0.25) is 0 Å². The van der Waals surface area contributed by atoms with Gasteiger partial charge in [-0.2, -0.15) is 0 Å². The number of aliphatic hydroxyl groups is 1. The maximum absolute atomic E-state index is 12.3. The quantitative estimate of drug-likeness (QED) is 0.668. The fourth-order valence-electron chi connectivity index (χ4n) is 1.98. The van der Waals surface area contributed by atoms with E-state index in [0.717, 1.165) is 0 Å². The topological polar surface area (TPSA) is 71.0 Å². The Balaban J connectivity index is 4.46. The minimum absolute atomic E-state index is 0.321. The second-order valence-electron chi connectivity index (χ2n) is 8.22. The fraction of sp³-hybridized carbons (Fsp3) is 0.941. The Hall–Kier alpha value is -0.850. The van der Waals surface area contributed by atoms with Crippen molar-refractivity contribution in [3.8, 4) is 0 Å². The normalized spacial score (nSPS) is 15.2. The molecule has 23 heavy (non-hydrogen) atoms. The summed E-state index contributed by atoms with van der Waals surface area (Å²) in [4.78, 5) is 14.1. The molecule has 6 nitrogen and oxygen atoms in total. The number of hydrogen-bond donors (Lipinski definition) is 2. The lowest BCUT2D eigenvalue weighted by Crippen LogP contribution is -2.51. The van der Waals surface area contributed by atoms with Gasteiger partial charge in [0.2, 0.25) is 0 Å². The van der Waals surface area contributed by atoms with Crippen LogP contribution in [0, 0.1) is 0 Å². The highest BCUT2D eigenvalue weighted by atomic mass is 16.6. The molecular weight excluding hydrogens is 296 g/mol. The lowest BCUT2D eigenvalue weighted by molar-refractivity contribution is 0.00509. The first-order chi connectivity index (χ1) is 10.3. The lowest BCUT2D eigenvalue weighted by atomic mass is 10.0. The van der Waals surface area contributed by atoms with Crippen LogP contribution in [0.15, 0.2) is 0 Å². The van der Waals surface area contributed by atoms with Crippen molar-refractivity contribution in [2.75, 3.05) is 33.4 Å². The molecule has 0 radical (unpaired) electrons. The third kappa shape index (κ3) is 10.5. The Bertz CT molecular complexity index is 357. The minimum atomic E-state index is -0.825. The molecule has 2 N–H and O–H groups in total. The van der Waals surface area contributed by atoms with Crippen molar-refractivity contribution in [2.24, 2.45) is 0 Å². The van der Waals surface area contributed by atoms with Crippen LogP contribution in [-0.2, 0) is 9.47 Å². The molecule has 1 amide bonds. The summed E-state index contributed by atoms with van der Waals surface area (Å²) in [7, 11) is 1.62. The average molecular weight is 332 g/mol. The predicted octanol–water partition coefficient (Wildman–Crippen LogP) is 2.40. The molecule has 0 saturated carbocycles. The van der Waals surface area contributed by atoms with E-state index in [-0.39, 0.29) is 11.6 Å². The van der Waals surface area contributed by atoms with Gasteiger partial charge in [0.25, 0.3) is 0 Å². The molecule has 0 aliphatic carbocycles. The van der Waals surface area contributed by atoms with Gasteiger partial charge in [-0.1, -0.05) is 0 Å². The monoisotopic (exact) mass is 332 g/mol. The smallest absolute Gasteiger partial charge is 0.410 e. The second kappa shape index (κ2) is 8.85. The summed E-state index contributed by atoms with van der Waals surface area (Å²) in [5, 5.41) is 13.4. The van der Waals surface area contributed by atoms with E-state index >= 15 is 0 Å². The van der Waals surface area contributed by atoms with Crippen LogP contribution in [0.4, 0.5) is 4.79 Å². The van der Waals surface area contributed by atoms with E-state index in [2.05, 4.69) is 5.32 Å². The van der Waals surface area contributed by atoms with Crippen molar-refractivity contribution < 1.29 is 19.4 Å². The molecule has 0 heterocycles. The van der Waals surface area contributed by atoms with Gasteiger partial charge in [0.05, 0.1) is 5.60 Å². The van der Waals surface area contributed by atoms with E-state index < -0.39 is 11.2 Å². The molecule has 138 valence electrons. The summed E-state index contributed by atoms with van der Waals surface area (Å²) >= 11 is 0. The highest BCUT2D eigenvalue weighted by Gasteiger charge is 2.30. The van der Waals surface area contributed by atoms with Gasteiger partial charge in [0.15, 0.2) is 0 Å². The Morgan fingerprint density at radius 3 is 2.13 bits per heavy atom. The molecular formula is C17H36N2O4. The Morgan fingerprint density at radius 1 is 1.13 bits per heavy atom. The van der Waals surface area contributed by atoms with Crippen LogP contribution in [0.1, 0.15) is 54.9 Å². The second-order valence-corrected chi connectivity index (χ2v) is 8.22. The van der Waals surface area contributed by atoms with Crippen LogP contribution >= 0.6 is 0 Å². The number of ether oxygens (including phenoxy) is 2. The van der Waals surface area contributed by atoms with Crippen molar-refractivity contribution >= 4 is 6.09 Å². The summed E-state index contributed by atoms with van der Waals surface area (Å²) in [5.41, 5.74) is -1.67. The third-order valence-corrected chi connectivity index (χ3v) is 3.29. The number of nitrogens with one attached hydrogen (secondary N) is 1. The summed E-state index contributed by atoms with van der Waals surface area (Å²) in [6, 6.07) is 0. The lowest BCUT2D eigenvalue weighted by Gasteiger charge is -2.37. The SMILES string of the molecule is COCCC(C)(O)CNCCN(C(=O)OC(C)(C)C)C(C)(C)C. The largest absolute Gasteiger partial charge is 0.444 e. The zero-order valence-electron chi connectivity index (χ0n) is 16.2. The standard InChI is InChI=1S/C17H36N2O4/c1-15(2,3)19(14(20)23-16(4,5)6)11-10-18-13-17(7,21)9-12-22-8/h18,21H,9-13H2,1-8H3. The fourth-order valence-corrected chi connectivity index (χ4v) is 1.98. The highest BCUT2D eigenvalue weighted by Crippen LogP contribution is 2.18. The third-order valence-electron chi connectivity index (χ3n) is 3.29. The number of methoxy groups -OCH3 is 1. The number of nitrogens with zero attached hydrogens (tertiary/aromatic N) is 1. The zero-order valence-corrected chi connectivity index (χ0v) is 16.2. The van der Waals surface area contributed by atoms with Gasteiger partial charge in [0, 0.05) is 45.3 Å². The van der Waals surface area contributed by atoms with Gasteiger partial charge >= 0.3 is 6.09 Å². The van der Waals surface area contributed by atoms with E-state index in [1.807, 2.05) is 41.5 Å². The first kappa shape index (κ1) is 22.1. The maximum Gasteiger partial charge on any atom is 0.410 e. The van der Waals surface area contributed by atoms with Crippen LogP contribution in [0.5, 0.6) is 0 Å². The molecule has 0 aromatic heterocycles. The van der Waals surface area contributed by atoms with Crippen LogP contribution in [0.2, 0.25) is 0 Å². The van der Waals surface area contributed by atoms with Crippen LogP contribution in [-0.4, -0.2) is 66.2 Å². The highest BCUT2D eigenvalue weighted by molar-refractivity contribution is 5.69. The number of carbonyl (C=O) groups is 1. The minimum Gasteiger partial charge on any atom is -0.444 e. The van der Waals surface area contributed by atoms with E-state index in [1.54, 1.807) is 18.9 Å². The summed E-state index contributed by atoms with van der Waals surface area (Å²) in [6.07, 6.45) is 0.240. The summed E-state index contributed by atoms with van der Waals surface area (Å²) in [6.45, 7) is 15.3. The van der Waals surface area contributed by atoms with Gasteiger partial charge in [0.1, 0.15) is 5.60 Å². The Kier molecular flexibility index (Phi) is 8.52. The first-order valence-corrected chi connectivity index (χ1v) is 8.21. The van der Waals surface area contributed by atoms with Crippen molar-refractivity contribution in [3.05, 3.63) is 0 Å². The van der Waals surface area contributed by atoms with E-state index in [4.69, 9.17) is 9.47 Å². The van der Waals surface area contributed by atoms with Crippen molar-refractivity contribution in [2.45, 2.75) is 71.6 Å². The van der Waals surface area contributed by atoms with Crippen LogP contribution < -0.4 is 5.32 Å². The molecule has 0 spiro atoms. The predicted molar refractivity (Wildman–Crippen MR) is 92.7 cm³/mol. The van der Waals surface area contributed by atoms with Crippen molar-refractivity contribution in [3.63, 3.8) is 0 Å². The molecule has 0 fully saturated rings. The Labute approximate surface area is 141 Å². The molecule has 1 atom stereocenters. The van der Waals surface area contributed by atoms with Crippen LogP contribution in [0.3, 0.4) is 0 Å². The van der Waals surface area contributed by atoms with Gasteiger partial charge in [-0.05, 0) is 48.5 Å².